The number of nitrogens with zero attached hydrogens (tertiary/aromatic N) is 6. The van der Waals surface area contributed by atoms with Gasteiger partial charge in [-0.25, -0.2) is 14.8 Å². The third-order valence-electron chi connectivity index (χ3n) is 8.66. The molecule has 2 aromatic rings. The first-order valence-electron chi connectivity index (χ1n) is 12.1. The molecule has 2 saturated heterocycles. The topological polar surface area (TPSA) is 111 Å². The van der Waals surface area contributed by atoms with E-state index in [1.165, 1.54) is 0 Å². The van der Waals surface area contributed by atoms with Gasteiger partial charge in [-0.05, 0) is 56.0 Å². The predicted octanol–water partition coefficient (Wildman–Crippen LogP) is 2.91. The van der Waals surface area contributed by atoms with Crippen molar-refractivity contribution in [1.82, 2.24) is 34.3 Å². The Morgan fingerprint density at radius 3 is 2.26 bits per heavy atom. The highest BCUT2D eigenvalue weighted by atomic mass is 32.1. The summed E-state index contributed by atoms with van der Waals surface area (Å²) in [4.78, 5) is 24.9. The quantitative estimate of drug-likeness (QED) is 0.656. The van der Waals surface area contributed by atoms with Crippen LogP contribution in [0.15, 0.2) is 0 Å². The van der Waals surface area contributed by atoms with E-state index in [1.54, 1.807) is 0 Å². The standard InChI is InChI=1S/C22H26F3N7O2S/c23-22(24,25)17-26-14(35-30-17)3-12-4-19(5-12)8-31(9-19)18(33)32-10-20(11-32)6-13(7-20)15-27-16(29-28-15)21(34)1-2-21/h12-13,34H,1-11H2,(H,27,28,29). The van der Waals surface area contributed by atoms with Gasteiger partial charge in [-0.15, -0.1) is 0 Å². The molecule has 4 heterocycles. The second kappa shape index (κ2) is 6.93. The number of aromatic amines is 1. The molecule has 7 rings (SSSR count). The molecule has 5 fully saturated rings. The predicted molar refractivity (Wildman–Crippen MR) is 116 cm³/mol. The van der Waals surface area contributed by atoms with Crippen LogP contribution < -0.4 is 0 Å². The van der Waals surface area contributed by atoms with Crippen LogP contribution in [0.5, 0.6) is 0 Å². The fourth-order valence-electron chi connectivity index (χ4n) is 6.71. The van der Waals surface area contributed by atoms with Gasteiger partial charge in [-0.1, -0.05) is 0 Å². The number of aliphatic hydroxyl groups is 1. The minimum atomic E-state index is -4.49. The zero-order valence-electron chi connectivity index (χ0n) is 19.0. The van der Waals surface area contributed by atoms with Gasteiger partial charge < -0.3 is 14.9 Å². The molecule has 3 aliphatic carbocycles. The third kappa shape index (κ3) is 3.56. The highest BCUT2D eigenvalue weighted by Crippen LogP contribution is 2.57. The molecule has 0 unspecified atom stereocenters. The van der Waals surface area contributed by atoms with Crippen LogP contribution in [0.4, 0.5) is 18.0 Å². The smallest absolute Gasteiger partial charge is 0.382 e. The summed E-state index contributed by atoms with van der Waals surface area (Å²) in [6.07, 6.45) is 1.31. The molecule has 0 aromatic carbocycles. The second-order valence-corrected chi connectivity index (χ2v) is 12.5. The highest BCUT2D eigenvalue weighted by molar-refractivity contribution is 7.05. The van der Waals surface area contributed by atoms with Gasteiger partial charge in [-0.3, -0.25) is 5.10 Å². The number of H-pyrrole nitrogens is 1. The number of hydrogen-bond acceptors (Lipinski definition) is 7. The average molecular weight is 510 g/mol. The molecule has 5 aliphatic rings. The maximum atomic E-state index is 12.9. The summed E-state index contributed by atoms with van der Waals surface area (Å²) >= 11 is 0.838. The number of urea groups is 1. The molecule has 0 radical (unpaired) electrons. The zero-order valence-corrected chi connectivity index (χ0v) is 19.8. The highest BCUT2D eigenvalue weighted by Gasteiger charge is 2.59. The SMILES string of the molecule is O=C(N1CC2(CC(Cc3nc(C(F)(F)F)ns3)C2)C1)N1CC2(CC(c3nc(C4(O)CC4)n[nH]3)C2)C1. The number of nitrogens with one attached hydrogen (secondary N) is 1. The molecule has 0 atom stereocenters. The van der Waals surface area contributed by atoms with E-state index < -0.39 is 17.6 Å². The molecule has 13 heteroatoms. The van der Waals surface area contributed by atoms with Gasteiger partial charge >= 0.3 is 12.2 Å². The molecular weight excluding hydrogens is 483 g/mol. The second-order valence-electron chi connectivity index (χ2n) is 11.7. The number of alkyl halides is 3. The fourth-order valence-corrected chi connectivity index (χ4v) is 7.48. The molecule has 2 aliphatic heterocycles. The van der Waals surface area contributed by atoms with Crippen LogP contribution >= 0.6 is 11.5 Å². The van der Waals surface area contributed by atoms with E-state index in [0.717, 1.165) is 82.1 Å². The zero-order chi connectivity index (χ0) is 24.2. The van der Waals surface area contributed by atoms with E-state index in [-0.39, 0.29) is 16.9 Å². The Balaban J connectivity index is 0.845. The Kier molecular flexibility index (Phi) is 4.35. The fraction of sp³-hybridized carbons (Fsp3) is 0.773. The number of carbonyl (C=O) groups excluding carboxylic acids is 1. The van der Waals surface area contributed by atoms with E-state index in [2.05, 4.69) is 24.5 Å². The minimum Gasteiger partial charge on any atom is -0.382 e. The summed E-state index contributed by atoms with van der Waals surface area (Å²) in [7, 11) is 0. The number of aromatic nitrogens is 5. The van der Waals surface area contributed by atoms with Gasteiger partial charge in [0.1, 0.15) is 16.4 Å². The van der Waals surface area contributed by atoms with Crippen LogP contribution in [0.3, 0.4) is 0 Å². The first-order chi connectivity index (χ1) is 16.5. The summed E-state index contributed by atoms with van der Waals surface area (Å²) in [5.41, 5.74) is -0.498. The third-order valence-corrected chi connectivity index (χ3v) is 9.40. The Labute approximate surface area is 203 Å². The van der Waals surface area contributed by atoms with E-state index in [0.29, 0.717) is 29.1 Å². The van der Waals surface area contributed by atoms with Crippen molar-refractivity contribution in [3.8, 4) is 0 Å². The number of hydrogen-bond donors (Lipinski definition) is 2. The van der Waals surface area contributed by atoms with Gasteiger partial charge in [-0.2, -0.15) is 22.6 Å². The summed E-state index contributed by atoms with van der Waals surface area (Å²) in [5, 5.41) is 17.8. The van der Waals surface area contributed by atoms with Crippen LogP contribution in [-0.2, 0) is 18.2 Å². The summed E-state index contributed by atoms with van der Waals surface area (Å²) in [5.74, 6) is 0.953. The van der Waals surface area contributed by atoms with Crippen molar-refractivity contribution < 1.29 is 23.1 Å². The molecule has 2 N–H and O–H groups in total. The van der Waals surface area contributed by atoms with Crippen molar-refractivity contribution in [3.05, 3.63) is 22.5 Å². The number of amides is 2. The molecule has 0 bridgehead atoms. The van der Waals surface area contributed by atoms with Gasteiger partial charge in [0, 0.05) is 49.3 Å². The van der Waals surface area contributed by atoms with E-state index in [9.17, 15) is 23.1 Å². The van der Waals surface area contributed by atoms with Crippen LogP contribution in [0.1, 0.15) is 66.9 Å². The van der Waals surface area contributed by atoms with Crippen LogP contribution in [0.25, 0.3) is 0 Å². The molecule has 2 aromatic heterocycles. The Hall–Kier alpha value is -2.28. The van der Waals surface area contributed by atoms with E-state index >= 15 is 0 Å². The van der Waals surface area contributed by atoms with Crippen molar-refractivity contribution in [2.45, 2.75) is 62.6 Å². The van der Waals surface area contributed by atoms with Gasteiger partial charge in [0.15, 0.2) is 5.82 Å². The van der Waals surface area contributed by atoms with Gasteiger partial charge in [0.05, 0.1) is 0 Å². The van der Waals surface area contributed by atoms with Crippen molar-refractivity contribution in [2.24, 2.45) is 16.7 Å². The molecular formula is C22H26F3N7O2S. The van der Waals surface area contributed by atoms with Gasteiger partial charge in [0.25, 0.3) is 0 Å². The lowest BCUT2D eigenvalue weighted by molar-refractivity contribution is -0.144. The first-order valence-corrected chi connectivity index (χ1v) is 12.9. The average Bonchev–Trinajstić information content (AvgIpc) is 3.10. The molecule has 2 amide bonds. The number of rotatable bonds is 4. The number of likely N-dealkylation sites (tertiary alicyclic amines) is 2. The van der Waals surface area contributed by atoms with Crippen LogP contribution in [-0.4, -0.2) is 71.7 Å². The lowest BCUT2D eigenvalue weighted by atomic mass is 9.56. The molecule has 3 saturated carbocycles. The number of halogens is 3. The molecule has 188 valence electrons. The van der Waals surface area contributed by atoms with E-state index in [1.807, 2.05) is 9.80 Å². The summed E-state index contributed by atoms with van der Waals surface area (Å²) in [6, 6.07) is 0.102. The van der Waals surface area contributed by atoms with Crippen molar-refractivity contribution in [3.63, 3.8) is 0 Å². The maximum Gasteiger partial charge on any atom is 0.452 e. The molecule has 9 nitrogen and oxygen atoms in total. The Bertz CT molecular complexity index is 1160. The van der Waals surface area contributed by atoms with E-state index in [4.69, 9.17) is 0 Å². The number of carbonyl (C=O) groups is 1. The Morgan fingerprint density at radius 2 is 1.69 bits per heavy atom. The Morgan fingerprint density at radius 1 is 1.06 bits per heavy atom. The summed E-state index contributed by atoms with van der Waals surface area (Å²) < 4.78 is 41.5. The molecule has 2 spiro atoms. The van der Waals surface area contributed by atoms with Gasteiger partial charge in [0.2, 0.25) is 5.82 Å². The minimum absolute atomic E-state index is 0.102. The molecule has 35 heavy (non-hydrogen) atoms. The monoisotopic (exact) mass is 509 g/mol. The van der Waals surface area contributed by atoms with Crippen molar-refractivity contribution >= 4 is 17.6 Å². The van der Waals surface area contributed by atoms with Crippen molar-refractivity contribution in [1.29, 1.82) is 0 Å². The normalized spacial score (nSPS) is 26.3. The largest absolute Gasteiger partial charge is 0.452 e. The van der Waals surface area contributed by atoms with Crippen molar-refractivity contribution in [2.75, 3.05) is 26.2 Å². The lowest BCUT2D eigenvalue weighted by Gasteiger charge is -2.63. The van der Waals surface area contributed by atoms with Crippen LogP contribution in [0, 0.1) is 16.7 Å². The van der Waals surface area contributed by atoms with Crippen LogP contribution in [0.2, 0.25) is 0 Å². The summed E-state index contributed by atoms with van der Waals surface area (Å²) in [6.45, 7) is 3.03. The maximum absolute atomic E-state index is 12.9. The lowest BCUT2D eigenvalue weighted by Crippen LogP contribution is -2.70. The first kappa shape index (κ1) is 22.0.